The average molecular weight is 356 g/mol. The topological polar surface area (TPSA) is 48.3 Å². The molecule has 1 aromatic heterocycles. The Kier molecular flexibility index (Phi) is 6.87. The fourth-order valence-electron chi connectivity index (χ4n) is 3.05. The van der Waals surface area contributed by atoms with Crippen LogP contribution in [0.1, 0.15) is 28.8 Å². The Hall–Kier alpha value is -1.87. The maximum Gasteiger partial charge on any atom is 0.119 e. The molecule has 25 heavy (non-hydrogen) atoms. The van der Waals surface area contributed by atoms with E-state index in [1.165, 1.54) is 24.1 Å². The highest BCUT2D eigenvalue weighted by atomic mass is 32.1. The third kappa shape index (κ3) is 5.57. The van der Waals surface area contributed by atoms with Gasteiger partial charge in [-0.15, -0.1) is 11.3 Å². The number of nitriles is 1. The van der Waals surface area contributed by atoms with Crippen LogP contribution < -0.4 is 10.1 Å². The Balaban J connectivity index is 1.36. The lowest BCUT2D eigenvalue weighted by Gasteiger charge is -2.26. The van der Waals surface area contributed by atoms with Crippen LogP contribution >= 0.6 is 11.3 Å². The van der Waals surface area contributed by atoms with E-state index in [0.717, 1.165) is 38.3 Å². The third-order valence-corrected chi connectivity index (χ3v) is 5.44. The number of rotatable bonds is 9. The van der Waals surface area contributed by atoms with Gasteiger partial charge in [0.2, 0.25) is 0 Å². The van der Waals surface area contributed by atoms with Crippen LogP contribution in [0.3, 0.4) is 0 Å². The number of nitrogens with one attached hydrogen (secondary N) is 1. The monoisotopic (exact) mass is 355 g/mol. The number of thiophene rings is 1. The predicted molar refractivity (Wildman–Crippen MR) is 102 cm³/mol. The highest BCUT2D eigenvalue weighted by Gasteiger charge is 2.16. The number of ether oxygens (including phenoxy) is 1. The molecule has 0 bridgehead atoms. The molecule has 132 valence electrons. The Morgan fingerprint density at radius 3 is 3.20 bits per heavy atom. The van der Waals surface area contributed by atoms with Crippen molar-refractivity contribution in [2.45, 2.75) is 32.4 Å². The Labute approximate surface area is 154 Å². The summed E-state index contributed by atoms with van der Waals surface area (Å²) in [6, 6.07) is 12.6. The minimum Gasteiger partial charge on any atom is -0.494 e. The fourth-order valence-corrected chi connectivity index (χ4v) is 3.94. The molecule has 0 aliphatic carbocycles. The number of benzene rings is 1. The van der Waals surface area contributed by atoms with Crippen LogP contribution in [0.2, 0.25) is 0 Å². The Morgan fingerprint density at radius 2 is 2.28 bits per heavy atom. The van der Waals surface area contributed by atoms with Crippen LogP contribution in [0.4, 0.5) is 0 Å². The van der Waals surface area contributed by atoms with E-state index in [0.29, 0.717) is 13.0 Å². The second-order valence-electron chi connectivity index (χ2n) is 6.33. The number of fused-ring (bicyclic) bond motifs is 1. The standard InChI is InChI=1S/C20H25N3OS/c21-8-1-2-12-24-19-5-3-4-17(14-19)15-22-9-11-23-10-6-20-18(16-23)7-13-25-20/h3-5,7,13-14,22H,1-2,6,9-12,15-16H2. The van der Waals surface area contributed by atoms with Gasteiger partial charge >= 0.3 is 0 Å². The zero-order valence-electron chi connectivity index (χ0n) is 14.5. The smallest absolute Gasteiger partial charge is 0.119 e. The van der Waals surface area contributed by atoms with Crippen molar-refractivity contribution in [3.05, 3.63) is 51.7 Å². The number of hydrogen-bond donors (Lipinski definition) is 1. The lowest BCUT2D eigenvalue weighted by Crippen LogP contribution is -2.35. The molecule has 3 rings (SSSR count). The van der Waals surface area contributed by atoms with Gasteiger partial charge in [0.25, 0.3) is 0 Å². The summed E-state index contributed by atoms with van der Waals surface area (Å²) < 4.78 is 5.69. The van der Waals surface area contributed by atoms with E-state index >= 15 is 0 Å². The van der Waals surface area contributed by atoms with Crippen molar-refractivity contribution < 1.29 is 4.74 Å². The first kappa shape index (κ1) is 17.9. The van der Waals surface area contributed by atoms with Crippen molar-refractivity contribution in [2.75, 3.05) is 26.2 Å². The van der Waals surface area contributed by atoms with E-state index in [-0.39, 0.29) is 0 Å². The van der Waals surface area contributed by atoms with Crippen molar-refractivity contribution >= 4 is 11.3 Å². The van der Waals surface area contributed by atoms with E-state index in [1.807, 2.05) is 23.5 Å². The molecule has 0 radical (unpaired) electrons. The van der Waals surface area contributed by atoms with Gasteiger partial charge in [-0.3, -0.25) is 4.90 Å². The molecule has 0 saturated heterocycles. The lowest BCUT2D eigenvalue weighted by molar-refractivity contribution is 0.255. The molecule has 0 fully saturated rings. The van der Waals surface area contributed by atoms with Gasteiger partial charge in [-0.25, -0.2) is 0 Å². The Bertz CT molecular complexity index is 707. The quantitative estimate of drug-likeness (QED) is 0.699. The average Bonchev–Trinajstić information content (AvgIpc) is 3.11. The molecule has 2 aromatic rings. The molecule has 1 aliphatic rings. The van der Waals surface area contributed by atoms with Gasteiger partial charge in [-0.1, -0.05) is 12.1 Å². The molecule has 0 amide bonds. The summed E-state index contributed by atoms with van der Waals surface area (Å²) in [7, 11) is 0. The van der Waals surface area contributed by atoms with Gasteiger partial charge < -0.3 is 10.1 Å². The first-order chi connectivity index (χ1) is 12.3. The van der Waals surface area contributed by atoms with Crippen LogP contribution in [0.15, 0.2) is 35.7 Å². The van der Waals surface area contributed by atoms with Crippen LogP contribution in [0.5, 0.6) is 5.75 Å². The summed E-state index contributed by atoms with van der Waals surface area (Å²) >= 11 is 1.89. The molecule has 0 atom stereocenters. The molecular weight excluding hydrogens is 330 g/mol. The largest absolute Gasteiger partial charge is 0.494 e. The number of nitrogens with zero attached hydrogens (tertiary/aromatic N) is 2. The molecule has 5 heteroatoms. The SMILES string of the molecule is N#CCCCOc1cccc(CNCCN2CCc3sccc3C2)c1. The second kappa shape index (κ2) is 9.57. The molecule has 0 spiro atoms. The molecule has 0 unspecified atom stereocenters. The number of hydrogen-bond acceptors (Lipinski definition) is 5. The summed E-state index contributed by atoms with van der Waals surface area (Å²) in [5, 5.41) is 14.3. The molecule has 1 aromatic carbocycles. The van der Waals surface area contributed by atoms with Crippen molar-refractivity contribution in [3.63, 3.8) is 0 Å². The minimum atomic E-state index is 0.546. The lowest BCUT2D eigenvalue weighted by atomic mass is 10.1. The van der Waals surface area contributed by atoms with Gasteiger partial charge in [0.05, 0.1) is 12.7 Å². The maximum atomic E-state index is 8.54. The molecule has 1 aliphatic heterocycles. The predicted octanol–water partition coefficient (Wildman–Crippen LogP) is 3.58. The van der Waals surface area contributed by atoms with Crippen LogP contribution in [0.25, 0.3) is 0 Å². The van der Waals surface area contributed by atoms with Crippen molar-refractivity contribution in [3.8, 4) is 11.8 Å². The summed E-state index contributed by atoms with van der Waals surface area (Å²) in [5.41, 5.74) is 2.74. The van der Waals surface area contributed by atoms with E-state index in [1.54, 1.807) is 4.88 Å². The van der Waals surface area contributed by atoms with Gasteiger partial charge in [-0.05, 0) is 47.5 Å². The summed E-state index contributed by atoms with van der Waals surface area (Å²) in [6.45, 7) is 5.79. The molecule has 0 saturated carbocycles. The van der Waals surface area contributed by atoms with Gasteiger partial charge in [0.1, 0.15) is 5.75 Å². The minimum absolute atomic E-state index is 0.546. The first-order valence-electron chi connectivity index (χ1n) is 8.92. The maximum absolute atomic E-state index is 8.54. The van der Waals surface area contributed by atoms with Crippen molar-refractivity contribution in [1.82, 2.24) is 10.2 Å². The van der Waals surface area contributed by atoms with Crippen molar-refractivity contribution in [1.29, 1.82) is 5.26 Å². The second-order valence-corrected chi connectivity index (χ2v) is 7.33. The van der Waals surface area contributed by atoms with E-state index in [9.17, 15) is 0 Å². The summed E-state index contributed by atoms with van der Waals surface area (Å²) in [4.78, 5) is 4.09. The zero-order valence-corrected chi connectivity index (χ0v) is 15.4. The molecular formula is C20H25N3OS. The molecule has 1 N–H and O–H groups in total. The zero-order chi connectivity index (χ0) is 17.3. The van der Waals surface area contributed by atoms with Gasteiger partial charge in [0, 0.05) is 44.0 Å². The Morgan fingerprint density at radius 1 is 1.32 bits per heavy atom. The third-order valence-electron chi connectivity index (χ3n) is 4.42. The van der Waals surface area contributed by atoms with Crippen LogP contribution in [-0.2, 0) is 19.5 Å². The fraction of sp³-hybridized carbons (Fsp3) is 0.450. The van der Waals surface area contributed by atoms with E-state index in [4.69, 9.17) is 10.00 Å². The highest BCUT2D eigenvalue weighted by molar-refractivity contribution is 7.10. The van der Waals surface area contributed by atoms with Crippen LogP contribution in [-0.4, -0.2) is 31.1 Å². The molecule has 2 heterocycles. The molecule has 4 nitrogen and oxygen atoms in total. The highest BCUT2D eigenvalue weighted by Crippen LogP contribution is 2.23. The van der Waals surface area contributed by atoms with Crippen molar-refractivity contribution in [2.24, 2.45) is 0 Å². The van der Waals surface area contributed by atoms with Gasteiger partial charge in [-0.2, -0.15) is 5.26 Å². The number of unbranched alkanes of at least 4 members (excludes halogenated alkanes) is 1. The van der Waals surface area contributed by atoms with Gasteiger partial charge in [0.15, 0.2) is 0 Å². The van der Waals surface area contributed by atoms with E-state index in [2.05, 4.69) is 39.9 Å². The summed E-state index contributed by atoms with van der Waals surface area (Å²) in [6.07, 6.45) is 2.52. The first-order valence-corrected chi connectivity index (χ1v) is 9.80. The van der Waals surface area contributed by atoms with E-state index < -0.39 is 0 Å². The summed E-state index contributed by atoms with van der Waals surface area (Å²) in [5.74, 6) is 0.887. The van der Waals surface area contributed by atoms with Crippen LogP contribution in [0, 0.1) is 11.3 Å². The normalized spacial score (nSPS) is 14.0.